The molecule has 1 aliphatic rings. The number of aliphatic imine (C=N–C) groups is 1. The van der Waals surface area contributed by atoms with Gasteiger partial charge in [-0.3, -0.25) is 4.99 Å². The highest BCUT2D eigenvalue weighted by Crippen LogP contribution is 2.19. The van der Waals surface area contributed by atoms with Gasteiger partial charge in [0.15, 0.2) is 5.96 Å². The Labute approximate surface area is 127 Å². The largest absolute Gasteiger partial charge is 0.472 e. The standard InChI is InChI=1S/C14H19F3N4O/c1-18-13(20-8-6-14(15,16)17)21-9-5-11(10-21)22-12-4-2-3-7-19-12/h2-4,7,11H,5-6,8-10H2,1H3,(H,18,20). The molecule has 5 nitrogen and oxygen atoms in total. The maximum atomic E-state index is 12.2. The molecule has 8 heteroatoms. The van der Waals surface area contributed by atoms with Gasteiger partial charge in [0.05, 0.1) is 13.0 Å². The highest BCUT2D eigenvalue weighted by Gasteiger charge is 2.29. The molecule has 1 aliphatic heterocycles. The lowest BCUT2D eigenvalue weighted by Gasteiger charge is -2.22. The minimum absolute atomic E-state index is 0.0453. The van der Waals surface area contributed by atoms with E-state index in [0.717, 1.165) is 6.42 Å². The molecule has 1 saturated heterocycles. The van der Waals surface area contributed by atoms with Gasteiger partial charge in [0.25, 0.3) is 0 Å². The van der Waals surface area contributed by atoms with Crippen LogP contribution in [-0.2, 0) is 0 Å². The van der Waals surface area contributed by atoms with Crippen LogP contribution in [0.25, 0.3) is 0 Å². The molecule has 22 heavy (non-hydrogen) atoms. The first-order valence-corrected chi connectivity index (χ1v) is 7.08. The minimum Gasteiger partial charge on any atom is -0.472 e. The van der Waals surface area contributed by atoms with Gasteiger partial charge in [-0.05, 0) is 6.07 Å². The summed E-state index contributed by atoms with van der Waals surface area (Å²) in [6.07, 6.45) is -2.66. The molecule has 1 unspecified atom stereocenters. The zero-order chi connectivity index (χ0) is 16.0. The van der Waals surface area contributed by atoms with Gasteiger partial charge in [0, 0.05) is 38.8 Å². The molecule has 1 atom stereocenters. The van der Waals surface area contributed by atoms with Crippen LogP contribution in [0.2, 0.25) is 0 Å². The van der Waals surface area contributed by atoms with E-state index in [1.165, 1.54) is 0 Å². The second-order valence-corrected chi connectivity index (χ2v) is 4.98. The van der Waals surface area contributed by atoms with Gasteiger partial charge in [-0.25, -0.2) is 4.98 Å². The number of guanidine groups is 1. The first kappa shape index (κ1) is 16.4. The van der Waals surface area contributed by atoms with Crippen molar-refractivity contribution in [1.82, 2.24) is 15.2 Å². The molecule has 0 amide bonds. The number of hydrogen-bond donors (Lipinski definition) is 1. The molecule has 122 valence electrons. The first-order chi connectivity index (χ1) is 10.5. The number of aromatic nitrogens is 1. The molecule has 1 aromatic heterocycles. The Morgan fingerprint density at radius 1 is 1.50 bits per heavy atom. The van der Waals surface area contributed by atoms with E-state index in [-0.39, 0.29) is 12.6 Å². The van der Waals surface area contributed by atoms with Crippen LogP contribution >= 0.6 is 0 Å². The Hall–Kier alpha value is -1.99. The van der Waals surface area contributed by atoms with Crippen LogP contribution in [0, 0.1) is 0 Å². The number of rotatable bonds is 4. The molecule has 0 aliphatic carbocycles. The molecule has 1 aromatic rings. The molecular formula is C14H19F3N4O. The van der Waals surface area contributed by atoms with Crippen molar-refractivity contribution in [2.24, 2.45) is 4.99 Å². The number of alkyl halides is 3. The third-order valence-electron chi connectivity index (χ3n) is 3.27. The van der Waals surface area contributed by atoms with E-state index in [0.29, 0.717) is 24.9 Å². The quantitative estimate of drug-likeness (QED) is 0.682. The van der Waals surface area contributed by atoms with Crippen molar-refractivity contribution >= 4 is 5.96 Å². The summed E-state index contributed by atoms with van der Waals surface area (Å²) < 4.78 is 42.3. The van der Waals surface area contributed by atoms with Crippen LogP contribution in [0.4, 0.5) is 13.2 Å². The molecule has 1 N–H and O–H groups in total. The molecular weight excluding hydrogens is 297 g/mol. The monoisotopic (exact) mass is 316 g/mol. The summed E-state index contributed by atoms with van der Waals surface area (Å²) in [5.41, 5.74) is 0. The summed E-state index contributed by atoms with van der Waals surface area (Å²) in [4.78, 5) is 10.0. The summed E-state index contributed by atoms with van der Waals surface area (Å²) >= 11 is 0. The lowest BCUT2D eigenvalue weighted by Crippen LogP contribution is -2.42. The fraction of sp³-hybridized carbons (Fsp3) is 0.571. The van der Waals surface area contributed by atoms with Gasteiger partial charge in [-0.1, -0.05) is 6.07 Å². The zero-order valence-electron chi connectivity index (χ0n) is 12.3. The smallest absolute Gasteiger partial charge is 0.390 e. The average Bonchev–Trinajstić information content (AvgIpc) is 2.92. The predicted molar refractivity (Wildman–Crippen MR) is 76.9 cm³/mol. The summed E-state index contributed by atoms with van der Waals surface area (Å²) in [6, 6.07) is 5.42. The molecule has 2 heterocycles. The topological polar surface area (TPSA) is 49.8 Å². The van der Waals surface area contributed by atoms with E-state index < -0.39 is 12.6 Å². The fourth-order valence-corrected chi connectivity index (χ4v) is 2.25. The third-order valence-corrected chi connectivity index (χ3v) is 3.27. The van der Waals surface area contributed by atoms with Crippen molar-refractivity contribution < 1.29 is 17.9 Å². The van der Waals surface area contributed by atoms with E-state index in [2.05, 4.69) is 15.3 Å². The van der Waals surface area contributed by atoms with Gasteiger partial charge in [-0.15, -0.1) is 0 Å². The van der Waals surface area contributed by atoms with E-state index in [9.17, 15) is 13.2 Å². The minimum atomic E-state index is -4.17. The van der Waals surface area contributed by atoms with Crippen LogP contribution in [0.5, 0.6) is 5.88 Å². The predicted octanol–water partition coefficient (Wildman–Crippen LogP) is 2.06. The van der Waals surface area contributed by atoms with Gasteiger partial charge in [0.1, 0.15) is 6.10 Å². The van der Waals surface area contributed by atoms with E-state index in [1.54, 1.807) is 25.4 Å². The van der Waals surface area contributed by atoms with Crippen molar-refractivity contribution in [3.05, 3.63) is 24.4 Å². The van der Waals surface area contributed by atoms with Crippen LogP contribution < -0.4 is 10.1 Å². The van der Waals surface area contributed by atoms with Crippen LogP contribution in [0.15, 0.2) is 29.4 Å². The second-order valence-electron chi connectivity index (χ2n) is 4.98. The van der Waals surface area contributed by atoms with Gasteiger partial charge < -0.3 is 15.0 Å². The third kappa shape index (κ3) is 5.09. The Morgan fingerprint density at radius 2 is 2.32 bits per heavy atom. The maximum Gasteiger partial charge on any atom is 0.390 e. The summed E-state index contributed by atoms with van der Waals surface area (Å²) in [5.74, 6) is 1.02. The van der Waals surface area contributed by atoms with Gasteiger partial charge >= 0.3 is 6.18 Å². The number of nitrogens with one attached hydrogen (secondary N) is 1. The summed E-state index contributed by atoms with van der Waals surface area (Å²) in [5, 5.41) is 2.74. The number of halogens is 3. The molecule has 0 radical (unpaired) electrons. The molecule has 0 saturated carbocycles. The highest BCUT2D eigenvalue weighted by atomic mass is 19.4. The van der Waals surface area contributed by atoms with Crippen molar-refractivity contribution in [3.8, 4) is 5.88 Å². The Morgan fingerprint density at radius 3 is 2.95 bits per heavy atom. The van der Waals surface area contributed by atoms with Crippen molar-refractivity contribution in [3.63, 3.8) is 0 Å². The van der Waals surface area contributed by atoms with Crippen LogP contribution in [-0.4, -0.2) is 54.8 Å². The number of nitrogens with zero attached hydrogens (tertiary/aromatic N) is 3. The Kier molecular flexibility index (Phi) is 5.46. The number of ether oxygens (including phenoxy) is 1. The maximum absolute atomic E-state index is 12.2. The fourth-order valence-electron chi connectivity index (χ4n) is 2.25. The highest BCUT2D eigenvalue weighted by molar-refractivity contribution is 5.80. The summed E-state index contributed by atoms with van der Waals surface area (Å²) in [6.45, 7) is 1.07. The molecule has 0 spiro atoms. The van der Waals surface area contributed by atoms with Crippen LogP contribution in [0.3, 0.4) is 0 Å². The molecule has 0 aromatic carbocycles. The van der Waals surface area contributed by atoms with Crippen molar-refractivity contribution in [2.45, 2.75) is 25.1 Å². The van der Waals surface area contributed by atoms with Crippen LogP contribution in [0.1, 0.15) is 12.8 Å². The normalized spacial score (nSPS) is 19.4. The van der Waals surface area contributed by atoms with Crippen molar-refractivity contribution in [2.75, 3.05) is 26.7 Å². The number of hydrogen-bond acceptors (Lipinski definition) is 3. The number of likely N-dealkylation sites (tertiary alicyclic amines) is 1. The molecule has 1 fully saturated rings. The average molecular weight is 316 g/mol. The Bertz CT molecular complexity index is 493. The Balaban J connectivity index is 1.80. The van der Waals surface area contributed by atoms with Gasteiger partial charge in [-0.2, -0.15) is 13.2 Å². The first-order valence-electron chi connectivity index (χ1n) is 7.08. The van der Waals surface area contributed by atoms with Gasteiger partial charge in [0.2, 0.25) is 5.88 Å². The van der Waals surface area contributed by atoms with E-state index in [1.807, 2.05) is 11.0 Å². The lowest BCUT2D eigenvalue weighted by molar-refractivity contribution is -0.132. The SMILES string of the molecule is CN=C(NCCC(F)(F)F)N1CCC(Oc2ccccn2)C1. The zero-order valence-corrected chi connectivity index (χ0v) is 12.3. The van der Waals surface area contributed by atoms with E-state index >= 15 is 0 Å². The second kappa shape index (κ2) is 7.33. The summed E-state index contributed by atoms with van der Waals surface area (Å²) in [7, 11) is 1.56. The lowest BCUT2D eigenvalue weighted by atomic mass is 10.3. The van der Waals surface area contributed by atoms with Crippen molar-refractivity contribution in [1.29, 1.82) is 0 Å². The molecule has 0 bridgehead atoms. The number of pyridine rings is 1. The van der Waals surface area contributed by atoms with E-state index in [4.69, 9.17) is 4.74 Å². The molecule has 2 rings (SSSR count).